The van der Waals surface area contributed by atoms with Crippen LogP contribution in [0.1, 0.15) is 26.3 Å². The molecule has 0 spiro atoms. The first-order chi connectivity index (χ1) is 9.08. The Morgan fingerprint density at radius 1 is 1.32 bits per heavy atom. The van der Waals surface area contributed by atoms with Crippen LogP contribution in [0.4, 0.5) is 0 Å². The van der Waals surface area contributed by atoms with Crippen molar-refractivity contribution in [1.82, 2.24) is 5.32 Å². The fourth-order valence-electron chi connectivity index (χ4n) is 1.81. The van der Waals surface area contributed by atoms with Crippen molar-refractivity contribution in [2.45, 2.75) is 33.4 Å². The molecular weight excluding hydrogens is 242 g/mol. The van der Waals surface area contributed by atoms with Gasteiger partial charge in [0.2, 0.25) is 0 Å². The van der Waals surface area contributed by atoms with E-state index < -0.39 is 0 Å². The second-order valence-electron chi connectivity index (χ2n) is 4.90. The van der Waals surface area contributed by atoms with Crippen LogP contribution in [0.3, 0.4) is 0 Å². The lowest BCUT2D eigenvalue weighted by Gasteiger charge is -2.22. The standard InChI is InChI=1S/C15H25NO3/c1-5-19-10-13(11(2)3)16-9-12-6-7-14(17)15(8-12)18-4/h6-8,11,13,16-17H,5,9-10H2,1-4H3. The summed E-state index contributed by atoms with van der Waals surface area (Å²) in [5.41, 5.74) is 1.08. The van der Waals surface area contributed by atoms with Gasteiger partial charge in [0.1, 0.15) is 0 Å². The third-order valence-corrected chi connectivity index (χ3v) is 3.12. The second kappa shape index (κ2) is 8.02. The lowest BCUT2D eigenvalue weighted by atomic mass is 10.0. The highest BCUT2D eigenvalue weighted by molar-refractivity contribution is 5.41. The molecule has 0 aliphatic heterocycles. The molecule has 1 aromatic carbocycles. The van der Waals surface area contributed by atoms with Crippen molar-refractivity contribution < 1.29 is 14.6 Å². The number of hydrogen-bond acceptors (Lipinski definition) is 4. The number of hydrogen-bond donors (Lipinski definition) is 2. The smallest absolute Gasteiger partial charge is 0.160 e. The van der Waals surface area contributed by atoms with Gasteiger partial charge in [0.25, 0.3) is 0 Å². The van der Waals surface area contributed by atoms with Crippen LogP contribution in [0.5, 0.6) is 11.5 Å². The number of phenols is 1. The van der Waals surface area contributed by atoms with Crippen molar-refractivity contribution in [2.75, 3.05) is 20.3 Å². The van der Waals surface area contributed by atoms with Crippen LogP contribution < -0.4 is 10.1 Å². The van der Waals surface area contributed by atoms with Crippen LogP contribution in [0, 0.1) is 5.92 Å². The van der Waals surface area contributed by atoms with Crippen LogP contribution in [0.15, 0.2) is 18.2 Å². The normalized spacial score (nSPS) is 12.7. The van der Waals surface area contributed by atoms with Crippen LogP contribution in [-0.4, -0.2) is 31.5 Å². The summed E-state index contributed by atoms with van der Waals surface area (Å²) >= 11 is 0. The molecule has 4 heteroatoms. The highest BCUT2D eigenvalue weighted by atomic mass is 16.5. The number of rotatable bonds is 8. The average Bonchev–Trinajstić information content (AvgIpc) is 2.40. The molecule has 1 atom stereocenters. The molecule has 2 N–H and O–H groups in total. The minimum atomic E-state index is 0.168. The molecular formula is C15H25NO3. The molecule has 0 aliphatic carbocycles. The van der Waals surface area contributed by atoms with Gasteiger partial charge in [0, 0.05) is 19.2 Å². The third-order valence-electron chi connectivity index (χ3n) is 3.12. The van der Waals surface area contributed by atoms with E-state index in [0.717, 1.165) is 18.7 Å². The zero-order chi connectivity index (χ0) is 14.3. The molecule has 0 aromatic heterocycles. The predicted octanol–water partition coefficient (Wildman–Crippen LogP) is 2.55. The Morgan fingerprint density at radius 3 is 2.63 bits per heavy atom. The maximum absolute atomic E-state index is 9.55. The Hall–Kier alpha value is -1.26. The molecule has 0 amide bonds. The van der Waals surface area contributed by atoms with Crippen molar-refractivity contribution in [2.24, 2.45) is 5.92 Å². The van der Waals surface area contributed by atoms with Crippen molar-refractivity contribution in [1.29, 1.82) is 0 Å². The van der Waals surface area contributed by atoms with E-state index in [1.54, 1.807) is 13.2 Å². The van der Waals surface area contributed by atoms with Crippen molar-refractivity contribution in [3.05, 3.63) is 23.8 Å². The Kier molecular flexibility index (Phi) is 6.67. The van der Waals surface area contributed by atoms with Gasteiger partial charge < -0.3 is 19.9 Å². The van der Waals surface area contributed by atoms with Gasteiger partial charge in [-0.15, -0.1) is 0 Å². The molecule has 0 bridgehead atoms. The Labute approximate surface area is 115 Å². The first-order valence-corrected chi connectivity index (χ1v) is 6.75. The van der Waals surface area contributed by atoms with Crippen molar-refractivity contribution in [3.8, 4) is 11.5 Å². The Morgan fingerprint density at radius 2 is 2.05 bits per heavy atom. The van der Waals surface area contributed by atoms with E-state index in [1.165, 1.54) is 0 Å². The largest absolute Gasteiger partial charge is 0.504 e. The molecule has 19 heavy (non-hydrogen) atoms. The summed E-state index contributed by atoms with van der Waals surface area (Å²) in [5, 5.41) is 13.0. The van der Waals surface area contributed by atoms with Crippen LogP contribution in [-0.2, 0) is 11.3 Å². The third kappa shape index (κ3) is 5.09. The zero-order valence-electron chi connectivity index (χ0n) is 12.3. The SMILES string of the molecule is CCOCC(NCc1ccc(O)c(OC)c1)C(C)C. The summed E-state index contributed by atoms with van der Waals surface area (Å²) < 4.78 is 10.6. The van der Waals surface area contributed by atoms with Crippen molar-refractivity contribution >= 4 is 0 Å². The van der Waals surface area contributed by atoms with E-state index >= 15 is 0 Å². The lowest BCUT2D eigenvalue weighted by molar-refractivity contribution is 0.108. The number of ether oxygens (including phenoxy) is 2. The number of methoxy groups -OCH3 is 1. The summed E-state index contributed by atoms with van der Waals surface area (Å²) in [5.74, 6) is 1.18. The maximum Gasteiger partial charge on any atom is 0.160 e. The molecule has 108 valence electrons. The van der Waals surface area contributed by atoms with E-state index in [9.17, 15) is 5.11 Å². The molecule has 4 nitrogen and oxygen atoms in total. The summed E-state index contributed by atoms with van der Waals surface area (Å²) in [4.78, 5) is 0. The van der Waals surface area contributed by atoms with Gasteiger partial charge >= 0.3 is 0 Å². The summed E-state index contributed by atoms with van der Waals surface area (Å²) in [7, 11) is 1.55. The van der Waals surface area contributed by atoms with Crippen LogP contribution >= 0.6 is 0 Å². The van der Waals surface area contributed by atoms with Gasteiger partial charge in [-0.3, -0.25) is 0 Å². The van der Waals surface area contributed by atoms with Gasteiger partial charge in [-0.05, 0) is 30.5 Å². The van der Waals surface area contributed by atoms with Gasteiger partial charge in [0.15, 0.2) is 11.5 Å². The van der Waals surface area contributed by atoms with Gasteiger partial charge in [-0.25, -0.2) is 0 Å². The van der Waals surface area contributed by atoms with Gasteiger partial charge in [0.05, 0.1) is 13.7 Å². The Balaban J connectivity index is 2.58. The molecule has 0 aliphatic rings. The number of phenolic OH excluding ortho intramolecular Hbond substituents is 1. The van der Waals surface area contributed by atoms with Crippen molar-refractivity contribution in [3.63, 3.8) is 0 Å². The summed E-state index contributed by atoms with van der Waals surface area (Å²) in [6, 6.07) is 5.71. The molecule has 0 fully saturated rings. The average molecular weight is 267 g/mol. The minimum Gasteiger partial charge on any atom is -0.504 e. The molecule has 0 radical (unpaired) electrons. The molecule has 0 heterocycles. The zero-order valence-corrected chi connectivity index (χ0v) is 12.3. The number of aromatic hydroxyl groups is 1. The van der Waals surface area contributed by atoms with E-state index in [-0.39, 0.29) is 5.75 Å². The minimum absolute atomic E-state index is 0.168. The highest BCUT2D eigenvalue weighted by Crippen LogP contribution is 2.26. The van der Waals surface area contributed by atoms with Crippen LogP contribution in [0.25, 0.3) is 0 Å². The highest BCUT2D eigenvalue weighted by Gasteiger charge is 2.13. The molecule has 0 saturated heterocycles. The van der Waals surface area contributed by atoms with Gasteiger partial charge in [-0.1, -0.05) is 19.9 Å². The quantitative estimate of drug-likeness (QED) is 0.760. The van der Waals surface area contributed by atoms with Gasteiger partial charge in [-0.2, -0.15) is 0 Å². The lowest BCUT2D eigenvalue weighted by Crippen LogP contribution is -2.37. The van der Waals surface area contributed by atoms with E-state index in [2.05, 4.69) is 19.2 Å². The monoisotopic (exact) mass is 267 g/mol. The molecule has 1 unspecified atom stereocenters. The Bertz CT molecular complexity index is 380. The maximum atomic E-state index is 9.55. The van der Waals surface area contributed by atoms with E-state index in [1.807, 2.05) is 19.1 Å². The fourth-order valence-corrected chi connectivity index (χ4v) is 1.81. The van der Waals surface area contributed by atoms with E-state index in [4.69, 9.17) is 9.47 Å². The molecule has 0 saturated carbocycles. The molecule has 1 rings (SSSR count). The van der Waals surface area contributed by atoms with E-state index in [0.29, 0.717) is 24.3 Å². The fraction of sp³-hybridized carbons (Fsp3) is 0.600. The first kappa shape index (κ1) is 15.8. The van der Waals surface area contributed by atoms with Crippen LogP contribution in [0.2, 0.25) is 0 Å². The summed E-state index contributed by atoms with van der Waals surface area (Å²) in [6.07, 6.45) is 0. The number of benzene rings is 1. The molecule has 1 aromatic rings. The predicted molar refractivity (Wildman–Crippen MR) is 76.6 cm³/mol. The topological polar surface area (TPSA) is 50.7 Å². The number of nitrogens with one attached hydrogen (secondary N) is 1. The second-order valence-corrected chi connectivity index (χ2v) is 4.90. The first-order valence-electron chi connectivity index (χ1n) is 6.75. The summed E-state index contributed by atoms with van der Waals surface area (Å²) in [6.45, 7) is 8.53.